The topological polar surface area (TPSA) is 49.3 Å². The van der Waals surface area contributed by atoms with Gasteiger partial charge >= 0.3 is 5.97 Å². The maximum atomic E-state index is 11.0. The van der Waals surface area contributed by atoms with Gasteiger partial charge in [-0.1, -0.05) is 6.07 Å². The molecule has 0 unspecified atom stereocenters. The monoisotopic (exact) mass is 305 g/mol. The van der Waals surface area contributed by atoms with Gasteiger partial charge in [0.05, 0.1) is 5.69 Å². The molecule has 20 heavy (non-hydrogen) atoms. The number of thiophene rings is 1. The molecule has 2 N–H and O–H groups in total. The van der Waals surface area contributed by atoms with Crippen molar-refractivity contribution >= 4 is 34.9 Å². The molecule has 0 aliphatic heterocycles. The molecule has 0 fully saturated rings. The van der Waals surface area contributed by atoms with Crippen molar-refractivity contribution in [3.8, 4) is 0 Å². The summed E-state index contributed by atoms with van der Waals surface area (Å²) in [5.74, 6) is -0.881. The molecule has 1 aliphatic carbocycles. The summed E-state index contributed by atoms with van der Waals surface area (Å²) in [6.45, 7) is 0. The first-order valence-corrected chi connectivity index (χ1v) is 8.29. The first kappa shape index (κ1) is 13.5. The average Bonchev–Trinajstić information content (AvgIpc) is 2.93. The number of nitrogens with one attached hydrogen (secondary N) is 1. The maximum Gasteiger partial charge on any atom is 0.348 e. The van der Waals surface area contributed by atoms with Crippen molar-refractivity contribution in [1.29, 1.82) is 0 Å². The Hall–Kier alpha value is -1.46. The van der Waals surface area contributed by atoms with Gasteiger partial charge in [-0.3, -0.25) is 0 Å². The van der Waals surface area contributed by atoms with Crippen LogP contribution in [0.2, 0.25) is 0 Å². The van der Waals surface area contributed by atoms with Gasteiger partial charge in [0.1, 0.15) is 4.88 Å². The molecular weight excluding hydrogens is 290 g/mol. The van der Waals surface area contributed by atoms with Crippen molar-refractivity contribution < 1.29 is 9.90 Å². The van der Waals surface area contributed by atoms with Gasteiger partial charge in [0, 0.05) is 4.90 Å². The number of hydrogen-bond donors (Lipinski definition) is 2. The fourth-order valence-corrected chi connectivity index (χ4v) is 3.93. The van der Waals surface area contributed by atoms with Crippen LogP contribution >= 0.6 is 23.3 Å². The number of anilines is 1. The number of aromatic carboxylic acids is 1. The molecule has 0 spiro atoms. The summed E-state index contributed by atoms with van der Waals surface area (Å²) in [7, 11) is 0. The molecule has 3 nitrogen and oxygen atoms in total. The van der Waals surface area contributed by atoms with E-state index in [0.717, 1.165) is 11.3 Å². The number of carboxylic acids is 1. The van der Waals surface area contributed by atoms with E-state index < -0.39 is 5.97 Å². The van der Waals surface area contributed by atoms with Crippen LogP contribution in [0.15, 0.2) is 34.5 Å². The Balaban J connectivity index is 1.72. The zero-order valence-electron chi connectivity index (χ0n) is 10.9. The molecule has 1 aliphatic rings. The van der Waals surface area contributed by atoms with E-state index in [9.17, 15) is 4.79 Å². The number of aryl methyl sites for hydroxylation is 2. The van der Waals surface area contributed by atoms with Gasteiger partial charge in [0.25, 0.3) is 0 Å². The fourth-order valence-electron chi connectivity index (χ4n) is 2.44. The minimum Gasteiger partial charge on any atom is -0.477 e. The fraction of sp³-hybridized carbons (Fsp3) is 0.267. The van der Waals surface area contributed by atoms with Crippen molar-refractivity contribution in [3.05, 3.63) is 45.6 Å². The summed E-state index contributed by atoms with van der Waals surface area (Å²) < 4.78 is 3.14. The lowest BCUT2D eigenvalue weighted by atomic mass is 9.92. The Kier molecular flexibility index (Phi) is 3.98. The van der Waals surface area contributed by atoms with E-state index >= 15 is 0 Å². The molecule has 0 saturated heterocycles. The zero-order chi connectivity index (χ0) is 13.9. The van der Waals surface area contributed by atoms with Gasteiger partial charge in [-0.2, -0.15) is 0 Å². The number of hydrogen-bond acceptors (Lipinski definition) is 4. The third-order valence-electron chi connectivity index (χ3n) is 3.46. The van der Waals surface area contributed by atoms with Crippen LogP contribution in [0.5, 0.6) is 0 Å². The van der Waals surface area contributed by atoms with Crippen LogP contribution in [-0.2, 0) is 12.8 Å². The minimum atomic E-state index is -0.881. The maximum absolute atomic E-state index is 11.0. The molecule has 1 aromatic carbocycles. The molecule has 0 atom stereocenters. The first-order valence-electron chi connectivity index (χ1n) is 6.59. The molecule has 1 aromatic heterocycles. The highest BCUT2D eigenvalue weighted by atomic mass is 32.2. The summed E-state index contributed by atoms with van der Waals surface area (Å²) >= 11 is 2.72. The Labute approximate surface area is 126 Å². The van der Waals surface area contributed by atoms with Gasteiger partial charge in [-0.05, 0) is 72.3 Å². The van der Waals surface area contributed by atoms with Gasteiger partial charge in [-0.15, -0.1) is 11.3 Å². The largest absolute Gasteiger partial charge is 0.477 e. The molecule has 0 radical (unpaired) electrons. The highest BCUT2D eigenvalue weighted by Gasteiger charge is 2.13. The van der Waals surface area contributed by atoms with E-state index in [1.807, 2.05) is 0 Å². The Morgan fingerprint density at radius 2 is 2.00 bits per heavy atom. The lowest BCUT2D eigenvalue weighted by molar-refractivity contribution is 0.0703. The quantitative estimate of drug-likeness (QED) is 0.820. The van der Waals surface area contributed by atoms with Crippen molar-refractivity contribution in [2.75, 3.05) is 4.72 Å². The molecular formula is C15H15NO2S2. The van der Waals surface area contributed by atoms with E-state index in [1.54, 1.807) is 11.4 Å². The molecule has 0 bridgehead atoms. The third-order valence-corrected chi connectivity index (χ3v) is 5.17. The Bertz CT molecular complexity index is 637. The van der Waals surface area contributed by atoms with Gasteiger partial charge in [0.2, 0.25) is 0 Å². The first-order chi connectivity index (χ1) is 9.74. The highest BCUT2D eigenvalue weighted by Crippen LogP contribution is 2.30. The van der Waals surface area contributed by atoms with Crippen LogP contribution in [0, 0.1) is 0 Å². The summed E-state index contributed by atoms with van der Waals surface area (Å²) in [4.78, 5) is 12.5. The van der Waals surface area contributed by atoms with Crippen molar-refractivity contribution in [3.63, 3.8) is 0 Å². The molecule has 3 rings (SSSR count). The number of fused-ring (bicyclic) bond motifs is 1. The van der Waals surface area contributed by atoms with Gasteiger partial charge < -0.3 is 9.83 Å². The summed E-state index contributed by atoms with van der Waals surface area (Å²) in [6.07, 6.45) is 4.89. The van der Waals surface area contributed by atoms with Gasteiger partial charge in [-0.25, -0.2) is 4.79 Å². The Morgan fingerprint density at radius 1 is 1.20 bits per heavy atom. The standard InChI is InChI=1S/C15H15NO2S2/c17-15(18)14-13(7-8-19-14)16-20-12-6-5-10-3-1-2-4-11(10)9-12/h5-9,16H,1-4H2,(H,17,18). The lowest BCUT2D eigenvalue weighted by Gasteiger charge is -2.16. The van der Waals surface area contributed by atoms with E-state index in [2.05, 4.69) is 22.9 Å². The predicted molar refractivity (Wildman–Crippen MR) is 83.8 cm³/mol. The third kappa shape index (κ3) is 2.83. The number of rotatable bonds is 4. The van der Waals surface area contributed by atoms with E-state index in [1.165, 1.54) is 53.7 Å². The van der Waals surface area contributed by atoms with Crippen LogP contribution in [0.1, 0.15) is 33.6 Å². The lowest BCUT2D eigenvalue weighted by Crippen LogP contribution is -2.02. The number of carboxylic acid groups (broad SMARTS) is 1. The highest BCUT2D eigenvalue weighted by molar-refractivity contribution is 8.00. The normalized spacial score (nSPS) is 13.8. The van der Waals surface area contributed by atoms with Crippen molar-refractivity contribution in [1.82, 2.24) is 0 Å². The van der Waals surface area contributed by atoms with E-state index in [-0.39, 0.29) is 0 Å². The van der Waals surface area contributed by atoms with Crippen molar-refractivity contribution in [2.45, 2.75) is 30.6 Å². The molecule has 104 valence electrons. The van der Waals surface area contributed by atoms with E-state index in [0.29, 0.717) is 10.6 Å². The minimum absolute atomic E-state index is 0.357. The van der Waals surface area contributed by atoms with Crippen LogP contribution in [0.25, 0.3) is 0 Å². The molecule has 0 saturated carbocycles. The van der Waals surface area contributed by atoms with Crippen LogP contribution in [0.3, 0.4) is 0 Å². The second kappa shape index (κ2) is 5.89. The number of benzene rings is 1. The van der Waals surface area contributed by atoms with Crippen molar-refractivity contribution in [2.24, 2.45) is 0 Å². The van der Waals surface area contributed by atoms with Crippen LogP contribution in [0.4, 0.5) is 5.69 Å². The predicted octanol–water partition coefficient (Wildman–Crippen LogP) is 4.44. The zero-order valence-corrected chi connectivity index (χ0v) is 12.5. The molecule has 5 heteroatoms. The Morgan fingerprint density at radius 3 is 2.80 bits per heavy atom. The smallest absolute Gasteiger partial charge is 0.348 e. The second-order valence-electron chi connectivity index (χ2n) is 4.81. The second-order valence-corrected chi connectivity index (χ2v) is 6.61. The van der Waals surface area contributed by atoms with Crippen LogP contribution in [-0.4, -0.2) is 11.1 Å². The summed E-state index contributed by atoms with van der Waals surface area (Å²) in [5.41, 5.74) is 3.57. The molecule has 0 amide bonds. The summed E-state index contributed by atoms with van der Waals surface area (Å²) in [5, 5.41) is 10.9. The average molecular weight is 305 g/mol. The molecule has 2 aromatic rings. The molecule has 1 heterocycles. The number of carbonyl (C=O) groups is 1. The summed E-state index contributed by atoms with van der Waals surface area (Å²) in [6, 6.07) is 8.33. The SMILES string of the molecule is O=C(O)c1sccc1NSc1ccc2c(c1)CCCC2. The van der Waals surface area contributed by atoms with Crippen LogP contribution < -0.4 is 4.72 Å². The van der Waals surface area contributed by atoms with Gasteiger partial charge in [0.15, 0.2) is 0 Å². The van der Waals surface area contributed by atoms with E-state index in [4.69, 9.17) is 5.11 Å².